The number of thiocarbonyl (C=S) groups is 1. The number of nitrogens with one attached hydrogen (secondary N) is 1. The van der Waals surface area contributed by atoms with Crippen LogP contribution in [0.25, 0.3) is 0 Å². The largest absolute Gasteiger partial charge is 0.467 e. The third-order valence-electron chi connectivity index (χ3n) is 4.78. The van der Waals surface area contributed by atoms with Gasteiger partial charge in [0.25, 0.3) is 0 Å². The van der Waals surface area contributed by atoms with Crippen molar-refractivity contribution in [1.82, 2.24) is 5.32 Å². The lowest BCUT2D eigenvalue weighted by molar-refractivity contribution is 0.0494. The molecule has 0 radical (unpaired) electrons. The molecule has 2 atom stereocenters. The topological polar surface area (TPSA) is 50.8 Å². The molecule has 0 unspecified atom stereocenters. The number of carbonyl (C=O) groups excluding carboxylic acids is 1. The molecule has 26 heavy (non-hydrogen) atoms. The van der Waals surface area contributed by atoms with Gasteiger partial charge in [-0.05, 0) is 61.6 Å². The summed E-state index contributed by atoms with van der Waals surface area (Å²) < 4.78 is 12.2. The predicted octanol–water partition coefficient (Wildman–Crippen LogP) is 4.17. The van der Waals surface area contributed by atoms with Gasteiger partial charge in [-0.15, -0.1) is 0 Å². The first-order valence-corrected chi connectivity index (χ1v) is 9.39. The molecule has 0 aliphatic carbocycles. The van der Waals surface area contributed by atoms with E-state index in [0.29, 0.717) is 17.1 Å². The van der Waals surface area contributed by atoms with Crippen molar-refractivity contribution in [2.45, 2.75) is 25.1 Å². The minimum atomic E-state index is -0.611. The van der Waals surface area contributed by atoms with Crippen LogP contribution in [0.3, 0.4) is 0 Å². The first-order valence-electron chi connectivity index (χ1n) is 8.19. The summed E-state index contributed by atoms with van der Waals surface area (Å²) in [6.07, 6.45) is 0.695. The molecule has 2 aliphatic rings. The fourth-order valence-electron chi connectivity index (χ4n) is 3.60. The number of carbonyl (C=O) groups is 1. The Morgan fingerprint density at radius 2 is 2.08 bits per heavy atom. The Morgan fingerprint density at radius 1 is 1.35 bits per heavy atom. The molecule has 0 spiro atoms. The molecule has 2 aliphatic heterocycles. The molecule has 2 heterocycles. The van der Waals surface area contributed by atoms with E-state index in [4.69, 9.17) is 21.7 Å². The Balaban J connectivity index is 1.75. The van der Waals surface area contributed by atoms with Crippen molar-refractivity contribution in [3.63, 3.8) is 0 Å². The van der Waals surface area contributed by atoms with Crippen LogP contribution in [-0.4, -0.2) is 23.9 Å². The monoisotopic (exact) mass is 432 g/mol. The zero-order valence-corrected chi connectivity index (χ0v) is 16.7. The lowest BCUT2D eigenvalue weighted by atomic mass is 9.89. The van der Waals surface area contributed by atoms with Crippen LogP contribution in [0, 0.1) is 0 Å². The van der Waals surface area contributed by atoms with Gasteiger partial charge in [-0.1, -0.05) is 15.9 Å². The molecule has 0 saturated carbocycles. The molecule has 0 amide bonds. The van der Waals surface area contributed by atoms with Crippen molar-refractivity contribution < 1.29 is 14.3 Å². The zero-order chi connectivity index (χ0) is 18.5. The Labute approximate surface area is 165 Å². The van der Waals surface area contributed by atoms with Crippen LogP contribution < -0.4 is 15.0 Å². The molecular formula is C19H17BrN2O3S. The van der Waals surface area contributed by atoms with Crippen LogP contribution in [0.5, 0.6) is 5.75 Å². The summed E-state index contributed by atoms with van der Waals surface area (Å²) in [5.74, 6) is 0.379. The van der Waals surface area contributed by atoms with Gasteiger partial charge < -0.3 is 14.8 Å². The molecule has 1 fully saturated rings. The van der Waals surface area contributed by atoms with E-state index in [-0.39, 0.29) is 12.0 Å². The number of anilines is 1. The highest BCUT2D eigenvalue weighted by molar-refractivity contribution is 9.10. The number of methoxy groups -OCH3 is 1. The van der Waals surface area contributed by atoms with Crippen molar-refractivity contribution in [1.29, 1.82) is 0 Å². The molecule has 2 aromatic carbocycles. The Bertz CT molecular complexity index is 902. The summed E-state index contributed by atoms with van der Waals surface area (Å²) in [6.45, 7) is 2.03. The molecule has 5 nitrogen and oxygen atoms in total. The first-order chi connectivity index (χ1) is 12.4. The SMILES string of the molecule is COC(=O)c1ccc2c(c1)[C@@H]1C[C@@](C)(O2)N(c2ccc(Br)cc2)C(=S)N1. The van der Waals surface area contributed by atoms with E-state index in [2.05, 4.69) is 21.2 Å². The highest BCUT2D eigenvalue weighted by atomic mass is 79.9. The van der Waals surface area contributed by atoms with Crippen molar-refractivity contribution in [2.24, 2.45) is 0 Å². The van der Waals surface area contributed by atoms with E-state index in [1.807, 2.05) is 48.2 Å². The first kappa shape index (κ1) is 17.3. The number of benzene rings is 2. The van der Waals surface area contributed by atoms with Gasteiger partial charge in [0, 0.05) is 22.1 Å². The van der Waals surface area contributed by atoms with Crippen molar-refractivity contribution in [3.05, 3.63) is 58.1 Å². The van der Waals surface area contributed by atoms with Crippen molar-refractivity contribution in [3.8, 4) is 5.75 Å². The molecule has 134 valence electrons. The second-order valence-electron chi connectivity index (χ2n) is 6.54. The highest BCUT2D eigenvalue weighted by Crippen LogP contribution is 2.45. The number of hydrogen-bond donors (Lipinski definition) is 1. The van der Waals surface area contributed by atoms with Gasteiger partial charge in [0.15, 0.2) is 10.8 Å². The van der Waals surface area contributed by atoms with Gasteiger partial charge in [0.1, 0.15) is 5.75 Å². The average Bonchev–Trinajstić information content (AvgIpc) is 2.61. The second-order valence-corrected chi connectivity index (χ2v) is 7.84. The normalized spacial score (nSPS) is 23.6. The van der Waals surface area contributed by atoms with E-state index < -0.39 is 5.72 Å². The van der Waals surface area contributed by atoms with E-state index in [0.717, 1.165) is 21.5 Å². The smallest absolute Gasteiger partial charge is 0.337 e. The summed E-state index contributed by atoms with van der Waals surface area (Å²) in [6, 6.07) is 13.3. The second kappa shape index (κ2) is 6.25. The molecule has 4 rings (SSSR count). The zero-order valence-electron chi connectivity index (χ0n) is 14.3. The lowest BCUT2D eigenvalue weighted by Crippen LogP contribution is -2.65. The Hall–Kier alpha value is -2.12. The maximum atomic E-state index is 11.8. The third kappa shape index (κ3) is 2.75. The van der Waals surface area contributed by atoms with E-state index in [1.54, 1.807) is 6.07 Å². The Kier molecular flexibility index (Phi) is 4.16. The molecule has 2 aromatic rings. The quantitative estimate of drug-likeness (QED) is 0.567. The number of nitrogens with zero attached hydrogens (tertiary/aromatic N) is 1. The third-order valence-corrected chi connectivity index (χ3v) is 5.61. The van der Waals surface area contributed by atoms with Crippen molar-refractivity contribution in [2.75, 3.05) is 12.0 Å². The minimum absolute atomic E-state index is 0.0208. The minimum Gasteiger partial charge on any atom is -0.467 e. The van der Waals surface area contributed by atoms with E-state index in [1.165, 1.54) is 7.11 Å². The van der Waals surface area contributed by atoms with Crippen LogP contribution in [0.15, 0.2) is 46.9 Å². The molecule has 7 heteroatoms. The number of hydrogen-bond acceptors (Lipinski definition) is 4. The van der Waals surface area contributed by atoms with Crippen LogP contribution in [0.4, 0.5) is 5.69 Å². The van der Waals surface area contributed by atoms with Gasteiger partial charge >= 0.3 is 5.97 Å². The van der Waals surface area contributed by atoms with Crippen LogP contribution in [0.2, 0.25) is 0 Å². The van der Waals surface area contributed by atoms with Gasteiger partial charge in [-0.3, -0.25) is 4.90 Å². The van der Waals surface area contributed by atoms with Gasteiger partial charge in [-0.25, -0.2) is 4.79 Å². The molecular weight excluding hydrogens is 416 g/mol. The van der Waals surface area contributed by atoms with Crippen LogP contribution >= 0.6 is 28.1 Å². The molecule has 2 bridgehead atoms. The van der Waals surface area contributed by atoms with Gasteiger partial charge in [-0.2, -0.15) is 0 Å². The lowest BCUT2D eigenvalue weighted by Gasteiger charge is -2.52. The number of ether oxygens (including phenoxy) is 2. The number of rotatable bonds is 2. The van der Waals surface area contributed by atoms with E-state index in [9.17, 15) is 4.79 Å². The molecule has 1 saturated heterocycles. The maximum Gasteiger partial charge on any atom is 0.337 e. The average molecular weight is 433 g/mol. The number of fused-ring (bicyclic) bond motifs is 4. The summed E-state index contributed by atoms with van der Waals surface area (Å²) in [5, 5.41) is 3.99. The number of esters is 1. The molecule has 0 aromatic heterocycles. The fourth-order valence-corrected chi connectivity index (χ4v) is 4.31. The van der Waals surface area contributed by atoms with Crippen LogP contribution in [-0.2, 0) is 4.74 Å². The van der Waals surface area contributed by atoms with E-state index >= 15 is 0 Å². The van der Waals surface area contributed by atoms with Gasteiger partial charge in [0.05, 0.1) is 18.7 Å². The summed E-state index contributed by atoms with van der Waals surface area (Å²) in [7, 11) is 1.37. The highest BCUT2D eigenvalue weighted by Gasteiger charge is 2.48. The number of halogens is 1. The Morgan fingerprint density at radius 3 is 2.77 bits per heavy atom. The van der Waals surface area contributed by atoms with Crippen LogP contribution in [0.1, 0.15) is 35.3 Å². The maximum absolute atomic E-state index is 11.8. The summed E-state index contributed by atoms with van der Waals surface area (Å²) in [5.41, 5.74) is 1.77. The summed E-state index contributed by atoms with van der Waals surface area (Å²) >= 11 is 9.10. The van der Waals surface area contributed by atoms with Crippen molar-refractivity contribution >= 4 is 44.9 Å². The summed E-state index contributed by atoms with van der Waals surface area (Å²) in [4.78, 5) is 13.8. The predicted molar refractivity (Wildman–Crippen MR) is 107 cm³/mol. The standard InChI is InChI=1S/C19H17BrN2O3S/c1-19-10-15(14-9-11(17(23)24-2)3-8-16(14)25-19)21-18(26)22(19)13-6-4-12(20)5-7-13/h3-9,15H,10H2,1-2H3,(H,21,26)/t15-,19+/m0/s1. The van der Waals surface area contributed by atoms with Gasteiger partial charge in [0.2, 0.25) is 0 Å². The molecule has 1 N–H and O–H groups in total. The fraction of sp³-hybridized carbons (Fsp3) is 0.263.